The first-order valence-electron chi connectivity index (χ1n) is 11.5. The predicted molar refractivity (Wildman–Crippen MR) is 141 cm³/mol. The van der Waals surface area contributed by atoms with Crippen molar-refractivity contribution < 1.29 is 14.3 Å². The van der Waals surface area contributed by atoms with Crippen molar-refractivity contribution in [2.75, 3.05) is 25.5 Å². The molecular weight excluding hydrogens is 478 g/mol. The Kier molecular flexibility index (Phi) is 7.55. The molecule has 0 atom stereocenters. The molecular formula is C27H28ClN5O3. The molecule has 2 heterocycles. The second kappa shape index (κ2) is 10.8. The quantitative estimate of drug-likeness (QED) is 0.317. The average molecular weight is 506 g/mol. The third-order valence-corrected chi connectivity index (χ3v) is 5.98. The molecule has 0 saturated heterocycles. The van der Waals surface area contributed by atoms with E-state index >= 15 is 0 Å². The summed E-state index contributed by atoms with van der Waals surface area (Å²) in [5, 5.41) is 4.50. The molecule has 1 N–H and O–H groups in total. The molecule has 186 valence electrons. The third-order valence-electron chi connectivity index (χ3n) is 5.69. The molecule has 1 amide bonds. The number of rotatable bonds is 9. The Morgan fingerprint density at radius 1 is 1.06 bits per heavy atom. The van der Waals surface area contributed by atoms with Crippen LogP contribution < -0.4 is 14.8 Å². The van der Waals surface area contributed by atoms with E-state index in [2.05, 4.69) is 20.3 Å². The van der Waals surface area contributed by atoms with E-state index in [0.29, 0.717) is 35.5 Å². The number of fused-ring (bicyclic) bond motifs is 1. The molecule has 0 radical (unpaired) electrons. The van der Waals surface area contributed by atoms with E-state index in [-0.39, 0.29) is 5.91 Å². The smallest absolute Gasteiger partial charge is 0.219 e. The molecule has 0 saturated carbocycles. The van der Waals surface area contributed by atoms with Gasteiger partial charge in [0.1, 0.15) is 35.9 Å². The van der Waals surface area contributed by atoms with Gasteiger partial charge in [0, 0.05) is 25.9 Å². The Balaban J connectivity index is 1.55. The highest BCUT2D eigenvalue weighted by molar-refractivity contribution is 6.32. The molecule has 0 bridgehead atoms. The minimum Gasteiger partial charge on any atom is -0.491 e. The topological polar surface area (TPSA) is 89.5 Å². The van der Waals surface area contributed by atoms with Crippen LogP contribution in [0.15, 0.2) is 67.1 Å². The van der Waals surface area contributed by atoms with Gasteiger partial charge in [0.05, 0.1) is 28.2 Å². The molecule has 0 aliphatic rings. The Hall–Kier alpha value is -3.91. The first kappa shape index (κ1) is 25.2. The number of nitrogens with one attached hydrogen (secondary N) is 1. The van der Waals surface area contributed by atoms with Crippen LogP contribution in [-0.4, -0.2) is 46.0 Å². The number of pyridine rings is 1. The average Bonchev–Trinajstić information content (AvgIpc) is 2.86. The maximum atomic E-state index is 11.5. The van der Waals surface area contributed by atoms with Crippen molar-refractivity contribution >= 4 is 39.9 Å². The summed E-state index contributed by atoms with van der Waals surface area (Å²) in [5.41, 5.74) is 1.60. The van der Waals surface area contributed by atoms with Crippen LogP contribution in [0.3, 0.4) is 0 Å². The fraction of sp³-hybridized carbons (Fsp3) is 0.259. The number of anilines is 2. The molecule has 0 aliphatic heterocycles. The van der Waals surface area contributed by atoms with E-state index in [1.807, 2.05) is 62.4 Å². The van der Waals surface area contributed by atoms with Crippen LogP contribution in [0.1, 0.15) is 26.5 Å². The van der Waals surface area contributed by atoms with Crippen LogP contribution in [0.2, 0.25) is 5.02 Å². The lowest BCUT2D eigenvalue weighted by molar-refractivity contribution is -0.127. The number of carbonyl (C=O) groups excluding carboxylic acids is 1. The second-order valence-corrected chi connectivity index (χ2v) is 9.17. The first-order valence-corrected chi connectivity index (χ1v) is 11.9. The summed E-state index contributed by atoms with van der Waals surface area (Å²) >= 11 is 6.59. The van der Waals surface area contributed by atoms with Gasteiger partial charge in [0.15, 0.2) is 0 Å². The van der Waals surface area contributed by atoms with E-state index in [9.17, 15) is 4.79 Å². The van der Waals surface area contributed by atoms with Gasteiger partial charge in [-0.25, -0.2) is 9.97 Å². The molecule has 36 heavy (non-hydrogen) atoms. The van der Waals surface area contributed by atoms with Gasteiger partial charge < -0.3 is 19.7 Å². The molecule has 0 spiro atoms. The molecule has 2 aromatic heterocycles. The number of benzene rings is 2. The van der Waals surface area contributed by atoms with Crippen LogP contribution in [-0.2, 0) is 10.4 Å². The zero-order chi connectivity index (χ0) is 25.7. The van der Waals surface area contributed by atoms with Crippen molar-refractivity contribution in [2.24, 2.45) is 0 Å². The van der Waals surface area contributed by atoms with Crippen molar-refractivity contribution in [3.05, 3.63) is 77.8 Å². The third kappa shape index (κ3) is 5.83. The summed E-state index contributed by atoms with van der Waals surface area (Å²) in [6, 6.07) is 16.8. The van der Waals surface area contributed by atoms with Gasteiger partial charge in [-0.3, -0.25) is 9.78 Å². The summed E-state index contributed by atoms with van der Waals surface area (Å²) in [6.07, 6.45) is 3.23. The van der Waals surface area contributed by atoms with Gasteiger partial charge in [-0.2, -0.15) is 0 Å². The number of hydrogen-bond acceptors (Lipinski definition) is 7. The standard InChI is InChI=1S/C27H28ClN5O3/c1-18(34)33(4)14-15-35-23-9-7-8-21-25(23)26(31-17-30-21)32-19-11-12-22(20(28)16-19)36-27(2,3)24-10-5-6-13-29-24/h5-13,16-17H,14-15H2,1-4H3,(H,30,31,32). The van der Waals surface area contributed by atoms with E-state index in [0.717, 1.165) is 22.3 Å². The van der Waals surface area contributed by atoms with Crippen LogP contribution in [0.5, 0.6) is 11.5 Å². The molecule has 2 aromatic carbocycles. The fourth-order valence-corrected chi connectivity index (χ4v) is 3.81. The van der Waals surface area contributed by atoms with Gasteiger partial charge in [-0.05, 0) is 56.3 Å². The lowest BCUT2D eigenvalue weighted by Crippen LogP contribution is -2.28. The van der Waals surface area contributed by atoms with Crippen molar-refractivity contribution in [3.63, 3.8) is 0 Å². The minimum absolute atomic E-state index is 0.0186. The molecule has 4 aromatic rings. The molecule has 4 rings (SSSR count). The maximum Gasteiger partial charge on any atom is 0.219 e. The van der Waals surface area contributed by atoms with Crippen LogP contribution >= 0.6 is 11.6 Å². The minimum atomic E-state index is -0.661. The number of amides is 1. The normalized spacial score (nSPS) is 11.2. The lowest BCUT2D eigenvalue weighted by Gasteiger charge is -2.26. The summed E-state index contributed by atoms with van der Waals surface area (Å²) in [6.45, 7) is 6.22. The molecule has 8 nitrogen and oxygen atoms in total. The number of aromatic nitrogens is 3. The van der Waals surface area contributed by atoms with Crippen molar-refractivity contribution in [1.29, 1.82) is 0 Å². The summed E-state index contributed by atoms with van der Waals surface area (Å²) < 4.78 is 12.2. The number of hydrogen-bond donors (Lipinski definition) is 1. The van der Waals surface area contributed by atoms with Crippen LogP contribution in [0.4, 0.5) is 11.5 Å². The van der Waals surface area contributed by atoms with Gasteiger partial charge in [-0.1, -0.05) is 23.7 Å². The summed E-state index contributed by atoms with van der Waals surface area (Å²) in [7, 11) is 1.74. The Bertz CT molecular complexity index is 1360. The predicted octanol–water partition coefficient (Wildman–Crippen LogP) is 5.59. The first-order chi connectivity index (χ1) is 17.2. The van der Waals surface area contributed by atoms with Gasteiger partial charge in [0.2, 0.25) is 5.91 Å². The van der Waals surface area contributed by atoms with Gasteiger partial charge >= 0.3 is 0 Å². The number of likely N-dealkylation sites (N-methyl/N-ethyl adjacent to an activating group) is 1. The summed E-state index contributed by atoms with van der Waals surface area (Å²) in [4.78, 5) is 26.3. The Labute approximate surface area is 215 Å². The zero-order valence-corrected chi connectivity index (χ0v) is 21.4. The number of ether oxygens (including phenoxy) is 2. The monoisotopic (exact) mass is 505 g/mol. The van der Waals surface area contributed by atoms with E-state index in [1.165, 1.54) is 13.3 Å². The van der Waals surface area contributed by atoms with Gasteiger partial charge in [-0.15, -0.1) is 0 Å². The summed E-state index contributed by atoms with van der Waals surface area (Å²) in [5.74, 6) is 1.73. The van der Waals surface area contributed by atoms with Crippen LogP contribution in [0.25, 0.3) is 10.9 Å². The van der Waals surface area contributed by atoms with Crippen LogP contribution in [0, 0.1) is 0 Å². The van der Waals surface area contributed by atoms with E-state index < -0.39 is 5.60 Å². The van der Waals surface area contributed by atoms with Crippen molar-refractivity contribution in [1.82, 2.24) is 19.9 Å². The fourth-order valence-electron chi connectivity index (χ4n) is 3.59. The highest BCUT2D eigenvalue weighted by Gasteiger charge is 2.25. The van der Waals surface area contributed by atoms with E-state index in [1.54, 1.807) is 24.2 Å². The Morgan fingerprint density at radius 2 is 1.89 bits per heavy atom. The molecule has 9 heteroatoms. The zero-order valence-electron chi connectivity index (χ0n) is 20.7. The second-order valence-electron chi connectivity index (χ2n) is 8.76. The SMILES string of the molecule is CC(=O)N(C)CCOc1cccc2ncnc(Nc3ccc(OC(C)(C)c4ccccn4)c(Cl)c3)c12. The highest BCUT2D eigenvalue weighted by Crippen LogP contribution is 2.36. The lowest BCUT2D eigenvalue weighted by atomic mass is 10.0. The highest BCUT2D eigenvalue weighted by atomic mass is 35.5. The molecule has 0 aliphatic carbocycles. The van der Waals surface area contributed by atoms with Gasteiger partial charge in [0.25, 0.3) is 0 Å². The molecule has 0 fully saturated rings. The molecule has 0 unspecified atom stereocenters. The number of carbonyl (C=O) groups is 1. The van der Waals surface area contributed by atoms with Crippen molar-refractivity contribution in [2.45, 2.75) is 26.4 Å². The largest absolute Gasteiger partial charge is 0.491 e. The Morgan fingerprint density at radius 3 is 2.61 bits per heavy atom. The number of nitrogens with zero attached hydrogens (tertiary/aromatic N) is 4. The van der Waals surface area contributed by atoms with E-state index in [4.69, 9.17) is 21.1 Å². The maximum absolute atomic E-state index is 11.5. The number of halogens is 1. The van der Waals surface area contributed by atoms with Crippen molar-refractivity contribution in [3.8, 4) is 11.5 Å².